The van der Waals surface area contributed by atoms with E-state index in [0.29, 0.717) is 44.3 Å². The molecule has 2 saturated heterocycles. The normalized spacial score (nSPS) is 27.5. The second kappa shape index (κ2) is 5.95. The van der Waals surface area contributed by atoms with Crippen LogP contribution in [0.15, 0.2) is 0 Å². The molecule has 0 aliphatic carbocycles. The molecule has 0 bridgehead atoms. The molecule has 0 aromatic rings. The van der Waals surface area contributed by atoms with Gasteiger partial charge in [-0.3, -0.25) is 0 Å². The van der Waals surface area contributed by atoms with E-state index in [1.54, 1.807) is 0 Å². The maximum Gasteiger partial charge on any atom is 0.0919 e. The standard InChI is InChI=1S/C13H24BrNO4/c1-9(2)15-4-13(7-19-8-13)11(17)10(16)12(3-14)5-18-6-12/h9-11,15-17H,3-8H2,1-2H3. The molecule has 112 valence electrons. The van der Waals surface area contributed by atoms with Crippen molar-refractivity contribution in [2.45, 2.75) is 32.1 Å². The third-order valence-electron chi connectivity index (χ3n) is 4.24. The SMILES string of the molecule is CC(C)NCC1(C(O)C(O)C2(CBr)COC2)COC1. The smallest absolute Gasteiger partial charge is 0.0919 e. The molecule has 2 heterocycles. The first-order valence-electron chi connectivity index (χ1n) is 6.77. The molecule has 3 N–H and O–H groups in total. The number of aliphatic hydroxyl groups is 2. The monoisotopic (exact) mass is 337 g/mol. The number of rotatable bonds is 7. The van der Waals surface area contributed by atoms with E-state index < -0.39 is 12.2 Å². The maximum absolute atomic E-state index is 10.6. The van der Waals surface area contributed by atoms with Gasteiger partial charge in [-0.1, -0.05) is 29.8 Å². The molecular weight excluding hydrogens is 314 g/mol. The molecule has 2 fully saturated rings. The quantitative estimate of drug-likeness (QED) is 0.576. The van der Waals surface area contributed by atoms with E-state index in [1.165, 1.54) is 0 Å². The van der Waals surface area contributed by atoms with E-state index in [1.807, 2.05) is 0 Å². The second-order valence-electron chi connectivity index (χ2n) is 6.27. The van der Waals surface area contributed by atoms with Gasteiger partial charge < -0.3 is 25.0 Å². The zero-order chi connectivity index (χ0) is 14.1. The number of aliphatic hydroxyl groups excluding tert-OH is 2. The molecular formula is C13H24BrNO4. The second-order valence-corrected chi connectivity index (χ2v) is 6.83. The summed E-state index contributed by atoms with van der Waals surface area (Å²) < 4.78 is 10.5. The number of hydrogen-bond donors (Lipinski definition) is 3. The molecule has 2 aliphatic rings. The lowest BCUT2D eigenvalue weighted by Gasteiger charge is -2.52. The summed E-state index contributed by atoms with van der Waals surface area (Å²) in [4.78, 5) is 0. The van der Waals surface area contributed by atoms with E-state index in [4.69, 9.17) is 9.47 Å². The van der Waals surface area contributed by atoms with Gasteiger partial charge in [-0.2, -0.15) is 0 Å². The fourth-order valence-electron chi connectivity index (χ4n) is 2.51. The van der Waals surface area contributed by atoms with Crippen molar-refractivity contribution in [3.8, 4) is 0 Å². The van der Waals surface area contributed by atoms with Crippen molar-refractivity contribution in [1.82, 2.24) is 5.32 Å². The number of ether oxygens (including phenoxy) is 2. The third-order valence-corrected chi connectivity index (χ3v) is 5.36. The molecule has 0 radical (unpaired) electrons. The first-order valence-corrected chi connectivity index (χ1v) is 7.89. The van der Waals surface area contributed by atoms with Crippen molar-refractivity contribution < 1.29 is 19.7 Å². The summed E-state index contributed by atoms with van der Waals surface area (Å²) >= 11 is 3.42. The number of alkyl halides is 1. The van der Waals surface area contributed by atoms with Gasteiger partial charge in [0.25, 0.3) is 0 Å². The molecule has 5 nitrogen and oxygen atoms in total. The van der Waals surface area contributed by atoms with Crippen molar-refractivity contribution in [1.29, 1.82) is 0 Å². The van der Waals surface area contributed by atoms with Gasteiger partial charge in [-0.05, 0) is 0 Å². The molecule has 2 unspecified atom stereocenters. The van der Waals surface area contributed by atoms with Gasteiger partial charge in [0.2, 0.25) is 0 Å². The van der Waals surface area contributed by atoms with Crippen LogP contribution in [0.2, 0.25) is 0 Å². The highest BCUT2D eigenvalue weighted by molar-refractivity contribution is 9.09. The molecule has 19 heavy (non-hydrogen) atoms. The Labute approximate surface area is 122 Å². The molecule has 0 spiro atoms. The van der Waals surface area contributed by atoms with E-state index in [9.17, 15) is 10.2 Å². The van der Waals surface area contributed by atoms with Crippen LogP contribution < -0.4 is 5.32 Å². The number of nitrogens with one attached hydrogen (secondary N) is 1. The minimum atomic E-state index is -0.797. The van der Waals surface area contributed by atoms with E-state index in [0.717, 1.165) is 0 Å². The highest BCUT2D eigenvalue weighted by atomic mass is 79.9. The zero-order valence-corrected chi connectivity index (χ0v) is 13.1. The lowest BCUT2D eigenvalue weighted by Crippen LogP contribution is -2.66. The van der Waals surface area contributed by atoms with E-state index in [-0.39, 0.29) is 10.8 Å². The number of hydrogen-bond acceptors (Lipinski definition) is 5. The fraction of sp³-hybridized carbons (Fsp3) is 1.00. The fourth-order valence-corrected chi connectivity index (χ4v) is 3.17. The van der Waals surface area contributed by atoms with Gasteiger partial charge in [-0.15, -0.1) is 0 Å². The van der Waals surface area contributed by atoms with Gasteiger partial charge >= 0.3 is 0 Å². The van der Waals surface area contributed by atoms with Crippen LogP contribution in [-0.4, -0.2) is 66.8 Å². The topological polar surface area (TPSA) is 71.0 Å². The Hall–Kier alpha value is 0.280. The summed E-state index contributed by atoms with van der Waals surface area (Å²) in [5, 5.41) is 25.1. The lowest BCUT2D eigenvalue weighted by molar-refractivity contribution is -0.243. The molecule has 2 aliphatic heterocycles. The molecule has 2 rings (SSSR count). The summed E-state index contributed by atoms with van der Waals surface area (Å²) in [6, 6.07) is 0.346. The maximum atomic E-state index is 10.6. The summed E-state index contributed by atoms with van der Waals surface area (Å²) in [7, 11) is 0. The first kappa shape index (κ1) is 15.7. The molecule has 0 saturated carbocycles. The highest BCUT2D eigenvalue weighted by Crippen LogP contribution is 2.41. The molecule has 6 heteroatoms. The van der Waals surface area contributed by atoms with Gasteiger partial charge in [0.15, 0.2) is 0 Å². The first-order chi connectivity index (χ1) is 8.96. The molecule has 0 amide bonds. The van der Waals surface area contributed by atoms with Gasteiger partial charge in [0, 0.05) is 17.9 Å². The minimum absolute atomic E-state index is 0.346. The van der Waals surface area contributed by atoms with E-state index in [2.05, 4.69) is 35.1 Å². The molecule has 2 atom stereocenters. The zero-order valence-electron chi connectivity index (χ0n) is 11.6. The Kier molecular flexibility index (Phi) is 4.91. The Morgan fingerprint density at radius 1 is 1.05 bits per heavy atom. The largest absolute Gasteiger partial charge is 0.390 e. The lowest BCUT2D eigenvalue weighted by atomic mass is 9.69. The van der Waals surface area contributed by atoms with Gasteiger partial charge in [0.1, 0.15) is 0 Å². The summed E-state index contributed by atoms with van der Waals surface area (Å²) in [5.41, 5.74) is -0.742. The Bertz CT molecular complexity index is 300. The van der Waals surface area contributed by atoms with Crippen LogP contribution >= 0.6 is 15.9 Å². The van der Waals surface area contributed by atoms with Crippen molar-refractivity contribution >= 4 is 15.9 Å². The predicted octanol–water partition coefficient (Wildman–Crippen LogP) is 0.134. The number of halogens is 1. The van der Waals surface area contributed by atoms with Crippen LogP contribution in [0, 0.1) is 10.8 Å². The minimum Gasteiger partial charge on any atom is -0.390 e. The van der Waals surface area contributed by atoms with E-state index >= 15 is 0 Å². The predicted molar refractivity (Wildman–Crippen MR) is 75.5 cm³/mol. The van der Waals surface area contributed by atoms with Gasteiger partial charge in [-0.25, -0.2) is 0 Å². The Balaban J connectivity index is 2.01. The van der Waals surface area contributed by atoms with Crippen LogP contribution in [-0.2, 0) is 9.47 Å². The van der Waals surface area contributed by atoms with Crippen LogP contribution in [0.5, 0.6) is 0 Å². The van der Waals surface area contributed by atoms with Crippen LogP contribution in [0.1, 0.15) is 13.8 Å². The summed E-state index contributed by atoms with van der Waals surface area (Å²) in [5.74, 6) is 0. The highest BCUT2D eigenvalue weighted by Gasteiger charge is 2.55. The third kappa shape index (κ3) is 2.84. The van der Waals surface area contributed by atoms with Gasteiger partial charge in [0.05, 0.1) is 49.5 Å². The van der Waals surface area contributed by atoms with Crippen molar-refractivity contribution in [2.75, 3.05) is 38.3 Å². The summed E-state index contributed by atoms with van der Waals surface area (Å²) in [6.45, 7) is 6.75. The van der Waals surface area contributed by atoms with Crippen molar-refractivity contribution in [3.05, 3.63) is 0 Å². The molecule has 0 aromatic heterocycles. The Morgan fingerprint density at radius 2 is 1.53 bits per heavy atom. The van der Waals surface area contributed by atoms with Crippen LogP contribution in [0.3, 0.4) is 0 Å². The van der Waals surface area contributed by atoms with Crippen molar-refractivity contribution in [3.63, 3.8) is 0 Å². The average molecular weight is 338 g/mol. The summed E-state index contributed by atoms with van der Waals surface area (Å²) in [6.07, 6.45) is -1.59. The van der Waals surface area contributed by atoms with Crippen LogP contribution in [0.4, 0.5) is 0 Å². The van der Waals surface area contributed by atoms with Crippen LogP contribution in [0.25, 0.3) is 0 Å². The Morgan fingerprint density at radius 3 is 1.84 bits per heavy atom. The van der Waals surface area contributed by atoms with Crippen molar-refractivity contribution in [2.24, 2.45) is 10.8 Å². The average Bonchev–Trinajstić information content (AvgIpc) is 2.26. The molecule has 0 aromatic carbocycles.